The lowest BCUT2D eigenvalue weighted by Crippen LogP contribution is -2.75. The fraction of sp³-hybridized carbons (Fsp3) is 0.643. The fourth-order valence-electron chi connectivity index (χ4n) is 2.30. The van der Waals surface area contributed by atoms with Crippen LogP contribution < -0.4 is 0 Å². The number of aliphatic hydroxyl groups excluding tert-OH is 3. The van der Waals surface area contributed by atoms with Crippen molar-refractivity contribution in [2.24, 2.45) is 0 Å². The van der Waals surface area contributed by atoms with Crippen LogP contribution in [-0.2, 0) is 23.9 Å². The Morgan fingerprint density at radius 3 is 1.75 bits per heavy atom. The van der Waals surface area contributed by atoms with Crippen molar-refractivity contribution >= 4 is 40.4 Å². The summed E-state index contributed by atoms with van der Waals surface area (Å²) in [5, 5.41) is 39.5. The molecule has 0 saturated carbocycles. The van der Waals surface area contributed by atoms with Gasteiger partial charge in [-0.25, -0.2) is 0 Å². The van der Waals surface area contributed by atoms with Crippen molar-refractivity contribution in [3.63, 3.8) is 0 Å². The van der Waals surface area contributed by atoms with Gasteiger partial charge in [0.2, 0.25) is 11.2 Å². The van der Waals surface area contributed by atoms with Gasteiger partial charge in [0, 0.05) is 6.92 Å². The molecule has 0 aromatic rings. The molecule has 0 bridgehead atoms. The van der Waals surface area contributed by atoms with E-state index < -0.39 is 58.2 Å². The first-order valence-electron chi connectivity index (χ1n) is 6.77. The number of esters is 1. The van der Waals surface area contributed by atoms with Crippen molar-refractivity contribution in [1.82, 2.24) is 0 Å². The molecular formula is C14H20O9S. The number of ketones is 3. The van der Waals surface area contributed by atoms with Crippen molar-refractivity contribution < 1.29 is 44.3 Å². The second kappa shape index (κ2) is 7.99. The Kier molecular flexibility index (Phi) is 7.46. The minimum atomic E-state index is -3.30. The second-order valence-electron chi connectivity index (χ2n) is 5.23. The molecule has 0 heterocycles. The second-order valence-corrected chi connectivity index (χ2v) is 5.64. The molecule has 0 aliphatic heterocycles. The lowest BCUT2D eigenvalue weighted by atomic mass is 9.69. The maximum absolute atomic E-state index is 12.2. The van der Waals surface area contributed by atoms with Crippen LogP contribution in [0.5, 0.6) is 0 Å². The van der Waals surface area contributed by atoms with Crippen LogP contribution >= 0.6 is 12.2 Å². The summed E-state index contributed by atoms with van der Waals surface area (Å²) in [5.74, 6) is -4.70. The third kappa shape index (κ3) is 3.57. The molecule has 0 aromatic heterocycles. The van der Waals surface area contributed by atoms with Gasteiger partial charge in [-0.3, -0.25) is 19.2 Å². The van der Waals surface area contributed by atoms with Crippen molar-refractivity contribution in [3.8, 4) is 0 Å². The summed E-state index contributed by atoms with van der Waals surface area (Å²) < 4.78 is 4.79. The van der Waals surface area contributed by atoms with Crippen LogP contribution in [0.3, 0.4) is 0 Å². The van der Waals surface area contributed by atoms with E-state index in [4.69, 9.17) is 22.1 Å². The minimum Gasteiger partial charge on any atom is -0.441 e. The topological polar surface area (TPSA) is 158 Å². The van der Waals surface area contributed by atoms with Crippen molar-refractivity contribution in [3.05, 3.63) is 0 Å². The summed E-state index contributed by atoms with van der Waals surface area (Å²) >= 11 is 4.80. The standard InChI is InChI=1S/C14H20O9S/c1-6(16)12(24)14(8(3)18,23-9(4)19)13(22,7(2)17)11(21)10(20)5-15/h10-11,15,20-22H,5H2,1-4H3/t10-,11-,13+,14+/m1/s1. The molecule has 0 saturated heterocycles. The summed E-state index contributed by atoms with van der Waals surface area (Å²) in [6, 6.07) is 0. The maximum Gasteiger partial charge on any atom is 0.304 e. The third-order valence-corrected chi connectivity index (χ3v) is 4.06. The largest absolute Gasteiger partial charge is 0.441 e. The smallest absolute Gasteiger partial charge is 0.304 e. The molecule has 0 spiro atoms. The highest BCUT2D eigenvalue weighted by molar-refractivity contribution is 7.82. The van der Waals surface area contributed by atoms with Gasteiger partial charge in [-0.1, -0.05) is 12.2 Å². The number of Topliss-reactive ketones (excluding diaryl/α,β-unsaturated/α-hetero) is 3. The Morgan fingerprint density at radius 2 is 1.50 bits per heavy atom. The molecule has 0 unspecified atom stereocenters. The van der Waals surface area contributed by atoms with Crippen molar-refractivity contribution in [1.29, 1.82) is 0 Å². The molecule has 4 atom stereocenters. The van der Waals surface area contributed by atoms with E-state index in [2.05, 4.69) is 0 Å². The highest BCUT2D eigenvalue weighted by Gasteiger charge is 2.68. The number of rotatable bonds is 9. The number of carbonyl (C=O) groups excluding carboxylic acids is 4. The van der Waals surface area contributed by atoms with Gasteiger partial charge >= 0.3 is 5.97 Å². The zero-order valence-electron chi connectivity index (χ0n) is 13.6. The van der Waals surface area contributed by atoms with Crippen molar-refractivity contribution in [2.45, 2.75) is 51.1 Å². The molecule has 136 valence electrons. The number of aliphatic hydroxyl groups is 4. The SMILES string of the molecule is CC(=O)O[C@@](C(C)=O)(C(=S)C(C)=O)[C@](O)(C(C)=O)[C@H](O)[C@H](O)CO. The molecule has 9 nitrogen and oxygen atoms in total. The molecule has 24 heavy (non-hydrogen) atoms. The number of hydrogen-bond donors (Lipinski definition) is 4. The zero-order valence-corrected chi connectivity index (χ0v) is 14.4. The first kappa shape index (κ1) is 22.4. The molecule has 0 aromatic carbocycles. The van der Waals surface area contributed by atoms with Gasteiger partial charge < -0.3 is 25.2 Å². The Labute approximate surface area is 143 Å². The minimum absolute atomic E-state index is 0.733. The van der Waals surface area contributed by atoms with Gasteiger partial charge in [-0.2, -0.15) is 0 Å². The molecule has 0 aliphatic carbocycles. The summed E-state index contributed by atoms with van der Waals surface area (Å²) in [4.78, 5) is 46.5. The highest BCUT2D eigenvalue weighted by Crippen LogP contribution is 2.36. The number of hydrogen-bond acceptors (Lipinski definition) is 10. The van der Waals surface area contributed by atoms with Crippen LogP contribution in [-0.4, -0.2) is 78.6 Å². The van der Waals surface area contributed by atoms with E-state index in [-0.39, 0.29) is 0 Å². The van der Waals surface area contributed by atoms with E-state index in [1.54, 1.807) is 0 Å². The lowest BCUT2D eigenvalue weighted by molar-refractivity contribution is -0.213. The summed E-state index contributed by atoms with van der Waals surface area (Å²) in [5.41, 5.74) is -6.34. The van der Waals surface area contributed by atoms with E-state index in [0.29, 0.717) is 0 Å². The monoisotopic (exact) mass is 364 g/mol. The summed E-state index contributed by atoms with van der Waals surface area (Å²) in [7, 11) is 0. The average Bonchev–Trinajstić information content (AvgIpc) is 2.48. The van der Waals surface area contributed by atoms with E-state index >= 15 is 0 Å². The first-order chi connectivity index (χ1) is 10.8. The molecular weight excluding hydrogens is 344 g/mol. The van der Waals surface area contributed by atoms with E-state index in [0.717, 1.165) is 27.7 Å². The van der Waals surface area contributed by atoms with E-state index in [1.165, 1.54) is 0 Å². The lowest BCUT2D eigenvalue weighted by Gasteiger charge is -2.45. The van der Waals surface area contributed by atoms with Gasteiger partial charge in [0.25, 0.3) is 0 Å². The summed E-state index contributed by atoms with van der Waals surface area (Å²) in [6.45, 7) is 2.15. The van der Waals surface area contributed by atoms with Crippen LogP contribution in [0.2, 0.25) is 0 Å². The molecule has 0 amide bonds. The highest BCUT2D eigenvalue weighted by atomic mass is 32.1. The molecule has 0 radical (unpaired) electrons. The quantitative estimate of drug-likeness (QED) is 0.263. The van der Waals surface area contributed by atoms with Crippen molar-refractivity contribution in [2.75, 3.05) is 6.61 Å². The summed E-state index contributed by atoms with van der Waals surface area (Å²) in [6.07, 6.45) is -4.58. The molecule has 0 aliphatic rings. The number of carbonyl (C=O) groups is 4. The first-order valence-corrected chi connectivity index (χ1v) is 7.17. The van der Waals surface area contributed by atoms with Crippen LogP contribution in [0.25, 0.3) is 0 Å². The van der Waals surface area contributed by atoms with Gasteiger partial charge in [0.15, 0.2) is 17.3 Å². The maximum atomic E-state index is 12.2. The Bertz CT molecular complexity index is 573. The molecule has 0 rings (SSSR count). The number of thiocarbonyl (C=S) groups is 1. The normalized spacial score (nSPS) is 18.5. The third-order valence-electron chi connectivity index (χ3n) is 3.49. The van der Waals surface area contributed by atoms with Crippen LogP contribution in [0.1, 0.15) is 27.7 Å². The number of ether oxygens (including phenoxy) is 1. The fourth-order valence-corrected chi connectivity index (χ4v) is 2.64. The van der Waals surface area contributed by atoms with Crippen LogP contribution in [0.4, 0.5) is 0 Å². The Hall–Kier alpha value is -1.59. The van der Waals surface area contributed by atoms with E-state index in [9.17, 15) is 34.5 Å². The Morgan fingerprint density at radius 1 is 1.04 bits per heavy atom. The zero-order chi connectivity index (χ0) is 19.5. The molecule has 10 heteroatoms. The van der Waals surface area contributed by atoms with Gasteiger partial charge in [0.1, 0.15) is 17.1 Å². The van der Waals surface area contributed by atoms with Crippen LogP contribution in [0, 0.1) is 0 Å². The van der Waals surface area contributed by atoms with E-state index in [1.807, 2.05) is 0 Å². The molecule has 0 fully saturated rings. The van der Waals surface area contributed by atoms with Gasteiger partial charge in [0.05, 0.1) is 6.61 Å². The van der Waals surface area contributed by atoms with Gasteiger partial charge in [-0.15, -0.1) is 0 Å². The predicted molar refractivity (Wildman–Crippen MR) is 83.2 cm³/mol. The predicted octanol–water partition coefficient (Wildman–Crippen LogP) is -2.13. The van der Waals surface area contributed by atoms with Crippen LogP contribution in [0.15, 0.2) is 0 Å². The molecule has 4 N–H and O–H groups in total. The Balaban J connectivity index is 6.88. The average molecular weight is 364 g/mol. The van der Waals surface area contributed by atoms with Gasteiger partial charge in [-0.05, 0) is 20.8 Å².